The van der Waals surface area contributed by atoms with Crippen molar-refractivity contribution < 1.29 is 13.6 Å². The van der Waals surface area contributed by atoms with Crippen LogP contribution in [-0.2, 0) is 11.4 Å². The van der Waals surface area contributed by atoms with E-state index in [1.807, 2.05) is 24.6 Å². The highest BCUT2D eigenvalue weighted by Crippen LogP contribution is 2.22. The van der Waals surface area contributed by atoms with Gasteiger partial charge in [-0.05, 0) is 25.5 Å². The van der Waals surface area contributed by atoms with E-state index in [1.165, 1.54) is 12.1 Å². The van der Waals surface area contributed by atoms with Gasteiger partial charge >= 0.3 is 0 Å². The van der Waals surface area contributed by atoms with Gasteiger partial charge in [-0.1, -0.05) is 29.4 Å². The normalized spacial score (nSPS) is 17.7. The lowest BCUT2D eigenvalue weighted by Crippen LogP contribution is -2.18. The summed E-state index contributed by atoms with van der Waals surface area (Å²) >= 11 is 0. The number of hydrogen-bond acceptors (Lipinski definition) is 3. The minimum absolute atomic E-state index is 0.0162. The molecule has 0 saturated heterocycles. The number of rotatable bonds is 4. The molecule has 0 bridgehead atoms. The fraction of sp³-hybridized carbons (Fsp3) is 0.375. The Kier molecular flexibility index (Phi) is 3.92. The number of aryl methyl sites for hydroxylation is 2. The second-order valence-corrected chi connectivity index (χ2v) is 5.50. The van der Waals surface area contributed by atoms with E-state index in [9.17, 15) is 8.78 Å². The van der Waals surface area contributed by atoms with Gasteiger partial charge in [0.25, 0.3) is 6.43 Å². The van der Waals surface area contributed by atoms with Gasteiger partial charge < -0.3 is 4.84 Å². The molecule has 1 atom stereocenters. The van der Waals surface area contributed by atoms with Crippen LogP contribution >= 0.6 is 0 Å². The van der Waals surface area contributed by atoms with Crippen LogP contribution in [0.1, 0.15) is 35.4 Å². The van der Waals surface area contributed by atoms with Crippen LogP contribution in [0.2, 0.25) is 0 Å². The molecular formula is C16H17F2N3O. The predicted molar refractivity (Wildman–Crippen MR) is 79.1 cm³/mol. The molecule has 116 valence electrons. The molecule has 4 nitrogen and oxygen atoms in total. The molecule has 2 aromatic rings. The van der Waals surface area contributed by atoms with Crippen LogP contribution in [0, 0.1) is 13.8 Å². The maximum absolute atomic E-state index is 12.6. The molecule has 0 saturated carbocycles. The molecule has 1 aromatic carbocycles. The van der Waals surface area contributed by atoms with E-state index in [4.69, 9.17) is 4.84 Å². The zero-order chi connectivity index (χ0) is 15.7. The van der Waals surface area contributed by atoms with Crippen LogP contribution in [0.5, 0.6) is 0 Å². The zero-order valence-corrected chi connectivity index (χ0v) is 12.5. The molecule has 1 aliphatic heterocycles. The first-order chi connectivity index (χ1) is 10.5. The number of aromatic nitrogens is 2. The van der Waals surface area contributed by atoms with E-state index in [0.717, 1.165) is 22.7 Å². The fourth-order valence-electron chi connectivity index (χ4n) is 2.57. The lowest BCUT2D eigenvalue weighted by Gasteiger charge is -2.09. The van der Waals surface area contributed by atoms with Crippen molar-refractivity contribution in [3.63, 3.8) is 0 Å². The standard InChI is InChI=1S/C16H17F2N3O/c1-10-7-11(2)21(19-10)9-14-8-15(20-22-14)12-3-5-13(6-4-12)16(17)18/h3-7,14,16H,8-9H2,1-2H3/t14-/m1/s1. The van der Waals surface area contributed by atoms with Gasteiger partial charge in [-0.15, -0.1) is 0 Å². The van der Waals surface area contributed by atoms with Crippen LogP contribution in [0.15, 0.2) is 35.5 Å². The summed E-state index contributed by atoms with van der Waals surface area (Å²) in [5, 5.41) is 8.49. The van der Waals surface area contributed by atoms with Crippen molar-refractivity contribution in [3.05, 3.63) is 52.8 Å². The Morgan fingerprint density at radius 2 is 2.00 bits per heavy atom. The molecule has 0 spiro atoms. The highest BCUT2D eigenvalue weighted by molar-refractivity contribution is 6.01. The van der Waals surface area contributed by atoms with Crippen molar-refractivity contribution in [2.45, 2.75) is 39.3 Å². The molecule has 0 unspecified atom stereocenters. The second-order valence-electron chi connectivity index (χ2n) is 5.50. The fourth-order valence-corrected chi connectivity index (χ4v) is 2.57. The van der Waals surface area contributed by atoms with Gasteiger partial charge in [-0.25, -0.2) is 8.78 Å². The van der Waals surface area contributed by atoms with Crippen molar-refractivity contribution >= 4 is 5.71 Å². The maximum atomic E-state index is 12.6. The monoisotopic (exact) mass is 305 g/mol. The quantitative estimate of drug-likeness (QED) is 0.865. The molecule has 6 heteroatoms. The van der Waals surface area contributed by atoms with Crippen molar-refractivity contribution in [1.82, 2.24) is 9.78 Å². The summed E-state index contributed by atoms with van der Waals surface area (Å²) in [6.07, 6.45) is -1.89. The molecule has 0 N–H and O–H groups in total. The summed E-state index contributed by atoms with van der Waals surface area (Å²) in [6, 6.07) is 8.19. The number of hydrogen-bond donors (Lipinski definition) is 0. The maximum Gasteiger partial charge on any atom is 0.263 e. The third kappa shape index (κ3) is 3.00. The molecular weight excluding hydrogens is 288 g/mol. The molecule has 1 aromatic heterocycles. The van der Waals surface area contributed by atoms with Crippen molar-refractivity contribution in [2.75, 3.05) is 0 Å². The Morgan fingerprint density at radius 3 is 2.59 bits per heavy atom. The Balaban J connectivity index is 1.65. The summed E-state index contributed by atoms with van der Waals surface area (Å²) in [5.74, 6) is 0. The molecule has 22 heavy (non-hydrogen) atoms. The Bertz CT molecular complexity index is 692. The summed E-state index contributed by atoms with van der Waals surface area (Å²) in [5.41, 5.74) is 3.67. The molecule has 0 radical (unpaired) electrons. The Labute approximate surface area is 127 Å². The third-order valence-corrected chi connectivity index (χ3v) is 3.71. The van der Waals surface area contributed by atoms with Gasteiger partial charge in [0.15, 0.2) is 6.10 Å². The minimum atomic E-state index is -2.45. The molecule has 0 amide bonds. The smallest absolute Gasteiger partial charge is 0.263 e. The highest BCUT2D eigenvalue weighted by atomic mass is 19.3. The second kappa shape index (κ2) is 5.87. The van der Waals surface area contributed by atoms with Crippen molar-refractivity contribution in [1.29, 1.82) is 0 Å². The minimum Gasteiger partial charge on any atom is -0.390 e. The Morgan fingerprint density at radius 1 is 1.27 bits per heavy atom. The molecule has 0 aliphatic carbocycles. The van der Waals surface area contributed by atoms with Gasteiger partial charge in [0, 0.05) is 17.7 Å². The van der Waals surface area contributed by atoms with Crippen LogP contribution in [0.4, 0.5) is 8.78 Å². The van der Waals surface area contributed by atoms with Gasteiger partial charge in [0.2, 0.25) is 0 Å². The van der Waals surface area contributed by atoms with E-state index in [0.29, 0.717) is 13.0 Å². The van der Waals surface area contributed by atoms with E-state index < -0.39 is 6.43 Å². The number of benzene rings is 1. The highest BCUT2D eigenvalue weighted by Gasteiger charge is 2.23. The van der Waals surface area contributed by atoms with Gasteiger partial charge in [-0.2, -0.15) is 5.10 Å². The van der Waals surface area contributed by atoms with Gasteiger partial charge in [0.1, 0.15) is 0 Å². The summed E-state index contributed by atoms with van der Waals surface area (Å²) in [7, 11) is 0. The van der Waals surface area contributed by atoms with Gasteiger partial charge in [0.05, 0.1) is 18.0 Å². The van der Waals surface area contributed by atoms with Crippen LogP contribution < -0.4 is 0 Å². The number of halogens is 2. The number of alkyl halides is 2. The first-order valence-corrected chi connectivity index (χ1v) is 7.15. The van der Waals surface area contributed by atoms with E-state index in [-0.39, 0.29) is 11.7 Å². The predicted octanol–water partition coefficient (Wildman–Crippen LogP) is 3.63. The van der Waals surface area contributed by atoms with Gasteiger partial charge in [-0.3, -0.25) is 4.68 Å². The molecule has 2 heterocycles. The summed E-state index contributed by atoms with van der Waals surface area (Å²) in [4.78, 5) is 5.44. The average Bonchev–Trinajstić information content (AvgIpc) is 3.06. The number of oxime groups is 1. The molecule has 0 fully saturated rings. The molecule has 3 rings (SSSR count). The van der Waals surface area contributed by atoms with Crippen LogP contribution in [0.25, 0.3) is 0 Å². The number of nitrogens with zero attached hydrogens (tertiary/aromatic N) is 3. The van der Waals surface area contributed by atoms with E-state index in [1.54, 1.807) is 12.1 Å². The topological polar surface area (TPSA) is 39.4 Å². The third-order valence-electron chi connectivity index (χ3n) is 3.71. The van der Waals surface area contributed by atoms with E-state index >= 15 is 0 Å². The summed E-state index contributed by atoms with van der Waals surface area (Å²) in [6.45, 7) is 4.58. The molecule has 1 aliphatic rings. The Hall–Kier alpha value is -2.24. The lowest BCUT2D eigenvalue weighted by molar-refractivity contribution is 0.0692. The first kappa shape index (κ1) is 14.7. The van der Waals surface area contributed by atoms with Crippen LogP contribution in [0.3, 0.4) is 0 Å². The van der Waals surface area contributed by atoms with Crippen molar-refractivity contribution in [3.8, 4) is 0 Å². The summed E-state index contributed by atoms with van der Waals surface area (Å²) < 4.78 is 27.0. The largest absolute Gasteiger partial charge is 0.390 e. The van der Waals surface area contributed by atoms with Crippen molar-refractivity contribution in [2.24, 2.45) is 5.16 Å². The average molecular weight is 305 g/mol. The lowest BCUT2D eigenvalue weighted by atomic mass is 10.0. The van der Waals surface area contributed by atoms with E-state index in [2.05, 4.69) is 10.3 Å². The first-order valence-electron chi connectivity index (χ1n) is 7.15. The SMILES string of the molecule is Cc1cc(C)n(C[C@H]2CC(c3ccc(C(F)F)cc3)=NO2)n1. The van der Waals surface area contributed by atoms with Crippen LogP contribution in [-0.4, -0.2) is 21.6 Å². The zero-order valence-electron chi connectivity index (χ0n) is 12.5.